The minimum absolute atomic E-state index is 0.141. The Balaban J connectivity index is 1.24. The number of rotatable bonds is 9. The van der Waals surface area contributed by atoms with Gasteiger partial charge in [0.25, 0.3) is 0 Å². The van der Waals surface area contributed by atoms with Crippen LogP contribution in [0, 0.1) is 0 Å². The Kier molecular flexibility index (Phi) is 8.00. The van der Waals surface area contributed by atoms with Crippen LogP contribution in [0.15, 0.2) is 54.6 Å². The second-order valence-corrected chi connectivity index (χ2v) is 9.07. The lowest BCUT2D eigenvalue weighted by Crippen LogP contribution is -2.46. The molecule has 0 bridgehead atoms. The van der Waals surface area contributed by atoms with Crippen LogP contribution in [0.3, 0.4) is 0 Å². The highest BCUT2D eigenvalue weighted by atomic mass is 16.5. The van der Waals surface area contributed by atoms with Crippen LogP contribution in [-0.2, 0) is 22.5 Å². The molecule has 0 spiro atoms. The fraction of sp³-hybridized carbons (Fsp3) is 0.481. The molecule has 6 nitrogen and oxygen atoms in total. The fourth-order valence-corrected chi connectivity index (χ4v) is 4.91. The molecule has 6 heteroatoms. The van der Waals surface area contributed by atoms with Crippen LogP contribution >= 0.6 is 0 Å². The van der Waals surface area contributed by atoms with Crippen molar-refractivity contribution in [1.29, 1.82) is 0 Å². The van der Waals surface area contributed by atoms with Crippen molar-refractivity contribution in [2.75, 3.05) is 38.2 Å². The van der Waals surface area contributed by atoms with Crippen molar-refractivity contribution >= 4 is 17.7 Å². The molecule has 2 aliphatic rings. The third-order valence-electron chi connectivity index (χ3n) is 6.86. The number of nitrogens with zero attached hydrogens (tertiary/aromatic N) is 3. The molecule has 2 aromatic rings. The van der Waals surface area contributed by atoms with E-state index in [0.29, 0.717) is 12.5 Å². The molecule has 2 amide bonds. The maximum absolute atomic E-state index is 13.2. The summed E-state index contributed by atoms with van der Waals surface area (Å²) in [5.41, 5.74) is 3.56. The first-order chi connectivity index (χ1) is 16.1. The number of urea groups is 1. The van der Waals surface area contributed by atoms with Gasteiger partial charge in [-0.1, -0.05) is 42.5 Å². The summed E-state index contributed by atoms with van der Waals surface area (Å²) in [6, 6.07) is 19.4. The van der Waals surface area contributed by atoms with Crippen molar-refractivity contribution < 1.29 is 14.3 Å². The van der Waals surface area contributed by atoms with Gasteiger partial charge in [-0.15, -0.1) is 0 Å². The number of carbonyl (C=O) groups excluding carboxylic acids is 2. The average molecular weight is 450 g/mol. The molecule has 2 aromatic carbocycles. The number of likely N-dealkylation sites (tertiary alicyclic amines) is 1. The molecule has 0 saturated carbocycles. The molecule has 4 rings (SSSR count). The summed E-state index contributed by atoms with van der Waals surface area (Å²) in [5, 5.41) is 0. The van der Waals surface area contributed by atoms with Gasteiger partial charge in [-0.2, -0.15) is 0 Å². The van der Waals surface area contributed by atoms with Crippen LogP contribution in [0.4, 0.5) is 10.5 Å². The third kappa shape index (κ3) is 6.14. The van der Waals surface area contributed by atoms with E-state index in [-0.39, 0.29) is 12.0 Å². The molecule has 176 valence electrons. The Labute approximate surface area is 197 Å². The number of hydrogen-bond acceptors (Lipinski definition) is 4. The molecule has 33 heavy (non-hydrogen) atoms. The standard InChI is InChI=1S/C27H35N3O3/c1-33-26(31)10-6-5-7-22-11-13-24(14-12-22)29-19-20-30(27(29)32)25-15-17-28(18-16-25)21-23-8-3-2-4-9-23/h2-4,8-9,11-14,25H,5-7,10,15-21H2,1H3. The summed E-state index contributed by atoms with van der Waals surface area (Å²) in [5.74, 6) is -0.149. The highest BCUT2D eigenvalue weighted by molar-refractivity contribution is 5.94. The Morgan fingerprint density at radius 2 is 1.64 bits per heavy atom. The van der Waals surface area contributed by atoms with Crippen molar-refractivity contribution in [3.8, 4) is 0 Å². The molecule has 0 N–H and O–H groups in total. The van der Waals surface area contributed by atoms with Crippen LogP contribution in [0.25, 0.3) is 0 Å². The van der Waals surface area contributed by atoms with E-state index >= 15 is 0 Å². The molecule has 2 heterocycles. The Morgan fingerprint density at radius 1 is 0.909 bits per heavy atom. The maximum Gasteiger partial charge on any atom is 0.324 e. The van der Waals surface area contributed by atoms with Gasteiger partial charge in [0, 0.05) is 50.9 Å². The van der Waals surface area contributed by atoms with Gasteiger partial charge >= 0.3 is 12.0 Å². The Bertz CT molecular complexity index is 908. The van der Waals surface area contributed by atoms with E-state index in [9.17, 15) is 9.59 Å². The molecule has 0 radical (unpaired) electrons. The number of unbranched alkanes of at least 4 members (excludes halogenated alkanes) is 1. The van der Waals surface area contributed by atoms with Gasteiger partial charge in [-0.05, 0) is 55.4 Å². The highest BCUT2D eigenvalue weighted by Gasteiger charge is 2.35. The zero-order valence-electron chi connectivity index (χ0n) is 19.6. The lowest BCUT2D eigenvalue weighted by molar-refractivity contribution is -0.140. The van der Waals surface area contributed by atoms with Crippen molar-refractivity contribution in [3.05, 3.63) is 65.7 Å². The van der Waals surface area contributed by atoms with Gasteiger partial charge in [-0.25, -0.2) is 4.79 Å². The minimum atomic E-state index is -0.149. The average Bonchev–Trinajstić information content (AvgIpc) is 3.24. The van der Waals surface area contributed by atoms with Gasteiger partial charge in [0.1, 0.15) is 0 Å². The number of carbonyl (C=O) groups is 2. The summed E-state index contributed by atoms with van der Waals surface area (Å²) in [7, 11) is 1.43. The topological polar surface area (TPSA) is 53.1 Å². The molecular weight excluding hydrogens is 414 g/mol. The van der Waals surface area contributed by atoms with E-state index in [0.717, 1.165) is 70.5 Å². The van der Waals surface area contributed by atoms with E-state index in [1.807, 2.05) is 4.90 Å². The predicted octanol–water partition coefficient (Wildman–Crippen LogP) is 4.48. The van der Waals surface area contributed by atoms with E-state index in [4.69, 9.17) is 0 Å². The summed E-state index contributed by atoms with van der Waals surface area (Å²) in [4.78, 5) is 30.9. The summed E-state index contributed by atoms with van der Waals surface area (Å²) < 4.78 is 4.68. The number of benzene rings is 2. The second kappa shape index (κ2) is 11.3. The van der Waals surface area contributed by atoms with E-state index in [2.05, 4.69) is 69.1 Å². The Hall–Kier alpha value is -2.86. The van der Waals surface area contributed by atoms with Gasteiger partial charge in [0.15, 0.2) is 0 Å². The molecule has 0 atom stereocenters. The van der Waals surface area contributed by atoms with Crippen LogP contribution in [0.1, 0.15) is 43.2 Å². The number of aryl methyl sites for hydroxylation is 1. The van der Waals surface area contributed by atoms with Crippen LogP contribution in [0.5, 0.6) is 0 Å². The molecule has 2 aliphatic heterocycles. The van der Waals surface area contributed by atoms with E-state index < -0.39 is 0 Å². The summed E-state index contributed by atoms with van der Waals surface area (Å²) in [6.07, 6.45) is 5.26. The lowest BCUT2D eigenvalue weighted by atomic mass is 10.0. The first-order valence-electron chi connectivity index (χ1n) is 12.1. The fourth-order valence-electron chi connectivity index (χ4n) is 4.91. The number of ether oxygens (including phenoxy) is 1. The van der Waals surface area contributed by atoms with Gasteiger partial charge in [0.2, 0.25) is 0 Å². The molecule has 0 aromatic heterocycles. The molecule has 0 unspecified atom stereocenters. The van der Waals surface area contributed by atoms with E-state index in [1.54, 1.807) is 0 Å². The number of amides is 2. The Morgan fingerprint density at radius 3 is 2.33 bits per heavy atom. The zero-order chi connectivity index (χ0) is 23.0. The summed E-state index contributed by atoms with van der Waals surface area (Å²) in [6.45, 7) is 4.61. The van der Waals surface area contributed by atoms with E-state index in [1.165, 1.54) is 18.2 Å². The first kappa shape index (κ1) is 23.3. The van der Waals surface area contributed by atoms with Gasteiger partial charge < -0.3 is 9.64 Å². The van der Waals surface area contributed by atoms with Crippen molar-refractivity contribution in [2.45, 2.75) is 51.1 Å². The van der Waals surface area contributed by atoms with Crippen LogP contribution in [-0.4, -0.2) is 61.1 Å². The molecule has 2 saturated heterocycles. The highest BCUT2D eigenvalue weighted by Crippen LogP contribution is 2.26. The van der Waals surface area contributed by atoms with Gasteiger partial charge in [-0.3, -0.25) is 14.6 Å². The smallest absolute Gasteiger partial charge is 0.324 e. The normalized spacial score (nSPS) is 17.5. The number of methoxy groups -OCH3 is 1. The second-order valence-electron chi connectivity index (χ2n) is 9.07. The van der Waals surface area contributed by atoms with Crippen LogP contribution < -0.4 is 4.90 Å². The van der Waals surface area contributed by atoms with Crippen molar-refractivity contribution in [3.63, 3.8) is 0 Å². The number of hydrogen-bond donors (Lipinski definition) is 0. The predicted molar refractivity (Wildman–Crippen MR) is 130 cm³/mol. The number of anilines is 1. The maximum atomic E-state index is 13.2. The minimum Gasteiger partial charge on any atom is -0.469 e. The third-order valence-corrected chi connectivity index (χ3v) is 6.86. The lowest BCUT2D eigenvalue weighted by Gasteiger charge is -2.36. The van der Waals surface area contributed by atoms with Crippen molar-refractivity contribution in [1.82, 2.24) is 9.80 Å². The monoisotopic (exact) mass is 449 g/mol. The number of esters is 1. The SMILES string of the molecule is COC(=O)CCCCc1ccc(N2CCN(C3CCN(Cc4ccccc4)CC3)C2=O)cc1. The van der Waals surface area contributed by atoms with Gasteiger partial charge in [0.05, 0.1) is 7.11 Å². The zero-order valence-corrected chi connectivity index (χ0v) is 19.6. The molecular formula is C27H35N3O3. The quantitative estimate of drug-likeness (QED) is 0.418. The summed E-state index contributed by atoms with van der Waals surface area (Å²) >= 11 is 0. The van der Waals surface area contributed by atoms with Crippen LogP contribution in [0.2, 0.25) is 0 Å². The largest absolute Gasteiger partial charge is 0.469 e. The molecule has 2 fully saturated rings. The number of piperidine rings is 1. The van der Waals surface area contributed by atoms with Crippen molar-refractivity contribution in [2.24, 2.45) is 0 Å². The molecule has 0 aliphatic carbocycles. The first-order valence-corrected chi connectivity index (χ1v) is 12.1.